The van der Waals surface area contributed by atoms with E-state index < -0.39 is 0 Å². The summed E-state index contributed by atoms with van der Waals surface area (Å²) in [4.78, 5) is 0. The molecule has 0 radical (unpaired) electrons. The van der Waals surface area contributed by atoms with Crippen molar-refractivity contribution < 1.29 is 4.74 Å². The minimum Gasteiger partial charge on any atom is -0.490 e. The van der Waals surface area contributed by atoms with Gasteiger partial charge in [0.1, 0.15) is 6.10 Å². The summed E-state index contributed by atoms with van der Waals surface area (Å²) in [6.45, 7) is 3.51. The lowest BCUT2D eigenvalue weighted by Crippen LogP contribution is -2.08. The van der Waals surface area contributed by atoms with Crippen molar-refractivity contribution in [2.75, 3.05) is 0 Å². The molecule has 0 N–H and O–H groups in total. The minimum atomic E-state index is 0.199. The summed E-state index contributed by atoms with van der Waals surface area (Å²) in [5.74, 6) is 0. The zero-order chi connectivity index (χ0) is 4.41. The van der Waals surface area contributed by atoms with Gasteiger partial charge in [0, 0.05) is 0 Å². The normalized spacial score (nSPS) is 27.7. The van der Waals surface area contributed by atoms with Gasteiger partial charge < -0.3 is 4.74 Å². The lowest BCUT2D eigenvalue weighted by atomic mass is 10.3. The molecular weight excluding hydrogens is 76.1 g/mol. The van der Waals surface area contributed by atoms with Gasteiger partial charge in [-0.05, 0) is 12.2 Å². The molecule has 0 saturated heterocycles. The van der Waals surface area contributed by atoms with E-state index in [1.54, 1.807) is 12.3 Å². The predicted molar refractivity (Wildman–Crippen MR) is 24.2 cm³/mol. The topological polar surface area (TPSA) is 9.23 Å². The zero-order valence-corrected chi connectivity index (χ0v) is 3.42. The lowest BCUT2D eigenvalue weighted by Gasteiger charge is -2.13. The Morgan fingerprint density at radius 1 is 1.83 bits per heavy atom. The highest BCUT2D eigenvalue weighted by molar-refractivity contribution is 5.04. The van der Waals surface area contributed by atoms with E-state index in [-0.39, 0.29) is 6.10 Å². The molecule has 0 fully saturated rings. The molecular formula is C5H6O. The second-order valence-corrected chi connectivity index (χ2v) is 1.16. The van der Waals surface area contributed by atoms with Crippen molar-refractivity contribution in [2.24, 2.45) is 0 Å². The van der Waals surface area contributed by atoms with E-state index in [1.165, 1.54) is 0 Å². The third-order valence-electron chi connectivity index (χ3n) is 0.736. The molecule has 0 aliphatic carbocycles. The fourth-order valence-corrected chi connectivity index (χ4v) is 0.303. The smallest absolute Gasteiger partial charge is 0.137 e. The first-order chi connectivity index (χ1) is 2.93. The van der Waals surface area contributed by atoms with Gasteiger partial charge in [-0.25, -0.2) is 0 Å². The highest BCUT2D eigenvalue weighted by Crippen LogP contribution is 2.04. The van der Waals surface area contributed by atoms with Crippen LogP contribution >= 0.6 is 0 Å². The average molecular weight is 82.1 g/mol. The largest absolute Gasteiger partial charge is 0.490 e. The van der Waals surface area contributed by atoms with Gasteiger partial charge in [0.05, 0.1) is 6.26 Å². The van der Waals surface area contributed by atoms with Crippen molar-refractivity contribution in [3.63, 3.8) is 0 Å². The van der Waals surface area contributed by atoms with Crippen molar-refractivity contribution in [2.45, 2.75) is 6.10 Å². The Morgan fingerprint density at radius 2 is 2.50 bits per heavy atom. The van der Waals surface area contributed by atoms with Crippen LogP contribution in [0, 0.1) is 0 Å². The molecule has 1 rings (SSSR count). The molecule has 0 aromatic heterocycles. The van der Waals surface area contributed by atoms with Crippen molar-refractivity contribution in [1.82, 2.24) is 0 Å². The van der Waals surface area contributed by atoms with Crippen LogP contribution in [-0.2, 0) is 4.74 Å². The third kappa shape index (κ3) is 0.322. The Balaban J connectivity index is 2.39. The maximum absolute atomic E-state index is 4.78. The monoisotopic (exact) mass is 82.0 g/mol. The van der Waals surface area contributed by atoms with Crippen LogP contribution in [0.4, 0.5) is 0 Å². The Hall–Kier alpha value is -0.720. The van der Waals surface area contributed by atoms with Crippen LogP contribution in [0.2, 0.25) is 0 Å². The molecule has 32 valence electrons. The maximum atomic E-state index is 4.78. The number of hydrogen-bond acceptors (Lipinski definition) is 1. The summed E-state index contributed by atoms with van der Waals surface area (Å²) < 4.78 is 4.78. The van der Waals surface area contributed by atoms with Gasteiger partial charge >= 0.3 is 0 Å². The van der Waals surface area contributed by atoms with E-state index >= 15 is 0 Å². The van der Waals surface area contributed by atoms with Gasteiger partial charge in [-0.3, -0.25) is 0 Å². The van der Waals surface area contributed by atoms with Gasteiger partial charge in [0.15, 0.2) is 0 Å². The van der Waals surface area contributed by atoms with E-state index in [2.05, 4.69) is 6.58 Å². The fourth-order valence-electron chi connectivity index (χ4n) is 0.303. The molecule has 0 aromatic rings. The summed E-state index contributed by atoms with van der Waals surface area (Å²) in [7, 11) is 0. The molecule has 0 aromatic carbocycles. The van der Waals surface area contributed by atoms with Crippen LogP contribution in [0.3, 0.4) is 0 Å². The van der Waals surface area contributed by atoms with Gasteiger partial charge in [-0.15, -0.1) is 0 Å². The molecule has 0 amide bonds. The van der Waals surface area contributed by atoms with Crippen LogP contribution < -0.4 is 0 Å². The number of rotatable bonds is 1. The molecule has 0 saturated carbocycles. The van der Waals surface area contributed by atoms with Crippen molar-refractivity contribution in [3.05, 3.63) is 25.0 Å². The molecule has 0 spiro atoms. The Kier molecular flexibility index (Phi) is 0.675. The lowest BCUT2D eigenvalue weighted by molar-refractivity contribution is 0.180. The molecule has 1 atom stereocenters. The summed E-state index contributed by atoms with van der Waals surface area (Å²) in [5, 5.41) is 0. The first kappa shape index (κ1) is 3.47. The molecule has 6 heavy (non-hydrogen) atoms. The van der Waals surface area contributed by atoms with Crippen LogP contribution in [0.1, 0.15) is 0 Å². The highest BCUT2D eigenvalue weighted by atomic mass is 16.5. The van der Waals surface area contributed by atoms with Crippen LogP contribution in [-0.4, -0.2) is 6.10 Å². The second kappa shape index (κ2) is 1.17. The fraction of sp³-hybridized carbons (Fsp3) is 0.200. The summed E-state index contributed by atoms with van der Waals surface area (Å²) in [6, 6.07) is 0. The van der Waals surface area contributed by atoms with Gasteiger partial charge in [0.25, 0.3) is 0 Å². The second-order valence-electron chi connectivity index (χ2n) is 1.16. The third-order valence-corrected chi connectivity index (χ3v) is 0.736. The average Bonchev–Trinajstić information content (AvgIpc) is 1.31. The van der Waals surface area contributed by atoms with Crippen molar-refractivity contribution in [3.8, 4) is 0 Å². The van der Waals surface area contributed by atoms with Gasteiger partial charge in [0.2, 0.25) is 0 Å². The van der Waals surface area contributed by atoms with E-state index in [1.807, 2.05) is 6.08 Å². The summed E-state index contributed by atoms with van der Waals surface area (Å²) in [6.07, 6.45) is 5.55. The van der Waals surface area contributed by atoms with Crippen LogP contribution in [0.5, 0.6) is 0 Å². The van der Waals surface area contributed by atoms with Crippen molar-refractivity contribution in [1.29, 1.82) is 0 Å². The quantitative estimate of drug-likeness (QED) is 0.430. The van der Waals surface area contributed by atoms with Gasteiger partial charge in [-0.2, -0.15) is 0 Å². The van der Waals surface area contributed by atoms with E-state index in [0.717, 1.165) is 0 Å². The highest BCUT2D eigenvalue weighted by Gasteiger charge is 2.02. The summed E-state index contributed by atoms with van der Waals surface area (Å²) in [5.41, 5.74) is 0. The van der Waals surface area contributed by atoms with Crippen LogP contribution in [0.25, 0.3) is 0 Å². The molecule has 1 heterocycles. The zero-order valence-electron chi connectivity index (χ0n) is 3.42. The Bertz CT molecular complexity index is 83.9. The number of hydrogen-bond donors (Lipinski definition) is 0. The molecule has 1 heteroatoms. The molecule has 0 bridgehead atoms. The molecule has 1 nitrogen and oxygen atoms in total. The molecule has 1 unspecified atom stereocenters. The first-order valence-corrected chi connectivity index (χ1v) is 1.88. The maximum Gasteiger partial charge on any atom is 0.137 e. The Morgan fingerprint density at radius 3 is 2.50 bits per heavy atom. The predicted octanol–water partition coefficient (Wildman–Crippen LogP) is 1.08. The standard InChI is InChI=1S/C5H6O/c1-2-5-3-4-6-5/h2-5H,1H2. The van der Waals surface area contributed by atoms with Gasteiger partial charge in [-0.1, -0.05) is 6.58 Å². The Labute approximate surface area is 36.9 Å². The van der Waals surface area contributed by atoms with E-state index in [4.69, 9.17) is 4.74 Å². The minimum absolute atomic E-state index is 0.199. The van der Waals surface area contributed by atoms with Crippen LogP contribution in [0.15, 0.2) is 25.0 Å². The van der Waals surface area contributed by atoms with E-state index in [0.29, 0.717) is 0 Å². The molecule has 1 aliphatic heterocycles. The first-order valence-electron chi connectivity index (χ1n) is 1.88. The number of ether oxygens (including phenoxy) is 1. The SMILES string of the molecule is C=CC1C=CO1. The molecule has 1 aliphatic rings. The summed E-state index contributed by atoms with van der Waals surface area (Å²) >= 11 is 0. The van der Waals surface area contributed by atoms with E-state index in [9.17, 15) is 0 Å². The van der Waals surface area contributed by atoms with Crippen molar-refractivity contribution >= 4 is 0 Å².